The van der Waals surface area contributed by atoms with Crippen molar-refractivity contribution in [2.75, 3.05) is 0 Å². The molecule has 0 unspecified atom stereocenters. The van der Waals surface area contributed by atoms with Crippen molar-refractivity contribution < 1.29 is 5.21 Å². The fraction of sp³-hybridized carbons (Fsp3) is 0.143. The third-order valence-corrected chi connectivity index (χ3v) is 1.30. The third-order valence-electron chi connectivity index (χ3n) is 1.30. The highest BCUT2D eigenvalue weighted by atomic mass is 16.5. The van der Waals surface area contributed by atoms with E-state index in [0.29, 0.717) is 4.73 Å². The highest BCUT2D eigenvalue weighted by molar-refractivity contribution is 5.27. The second-order valence-corrected chi connectivity index (χ2v) is 2.24. The monoisotopic (exact) mass is 149 g/mol. The maximum atomic E-state index is 8.99. The SMILES string of the molecule is Cc1cc(C#N)c(=N)n(O)c1. The Morgan fingerprint density at radius 2 is 2.36 bits per heavy atom. The molecule has 2 N–H and O–H groups in total. The van der Waals surface area contributed by atoms with Crippen molar-refractivity contribution >= 4 is 0 Å². The summed E-state index contributed by atoms with van der Waals surface area (Å²) in [6.07, 6.45) is 1.38. The molecule has 1 rings (SSSR count). The van der Waals surface area contributed by atoms with Crippen LogP contribution >= 0.6 is 0 Å². The fourth-order valence-electron chi connectivity index (χ4n) is 0.799. The lowest BCUT2D eigenvalue weighted by Crippen LogP contribution is -2.20. The predicted molar refractivity (Wildman–Crippen MR) is 36.9 cm³/mol. The first-order chi connectivity index (χ1) is 5.15. The lowest BCUT2D eigenvalue weighted by Gasteiger charge is -1.99. The van der Waals surface area contributed by atoms with Gasteiger partial charge in [0.25, 0.3) is 0 Å². The molecule has 1 aromatic rings. The Balaban J connectivity index is 3.52. The lowest BCUT2D eigenvalue weighted by atomic mass is 10.2. The van der Waals surface area contributed by atoms with E-state index in [1.165, 1.54) is 6.20 Å². The topological polar surface area (TPSA) is 72.8 Å². The zero-order chi connectivity index (χ0) is 8.43. The molecule has 0 fully saturated rings. The van der Waals surface area contributed by atoms with Crippen LogP contribution in [-0.2, 0) is 0 Å². The molecule has 0 atom stereocenters. The number of hydrogen-bond donors (Lipinski definition) is 2. The molecule has 0 radical (unpaired) electrons. The Hall–Kier alpha value is -1.76. The van der Waals surface area contributed by atoms with Gasteiger partial charge in [-0.1, -0.05) is 0 Å². The van der Waals surface area contributed by atoms with E-state index in [1.54, 1.807) is 13.0 Å². The number of rotatable bonds is 0. The van der Waals surface area contributed by atoms with Crippen molar-refractivity contribution in [3.8, 4) is 6.07 Å². The van der Waals surface area contributed by atoms with Crippen LogP contribution in [0.25, 0.3) is 0 Å². The normalized spacial score (nSPS) is 9.09. The highest BCUT2D eigenvalue weighted by Gasteiger charge is 1.98. The Kier molecular flexibility index (Phi) is 1.65. The van der Waals surface area contributed by atoms with Gasteiger partial charge < -0.3 is 5.21 Å². The Labute approximate surface area is 63.4 Å². The van der Waals surface area contributed by atoms with E-state index in [2.05, 4.69) is 0 Å². The standard InChI is InChI=1S/C7H7N3O/c1-5-2-6(3-8)7(9)10(11)4-5/h2,4,9,11H,1H3. The molecule has 0 amide bonds. The number of pyridine rings is 1. The van der Waals surface area contributed by atoms with Crippen molar-refractivity contribution in [3.63, 3.8) is 0 Å². The molecule has 4 nitrogen and oxygen atoms in total. The fourth-order valence-corrected chi connectivity index (χ4v) is 0.799. The lowest BCUT2D eigenvalue weighted by molar-refractivity contribution is 0.169. The van der Waals surface area contributed by atoms with Crippen molar-refractivity contribution in [3.05, 3.63) is 28.9 Å². The van der Waals surface area contributed by atoms with Crippen LogP contribution in [0.15, 0.2) is 12.3 Å². The van der Waals surface area contributed by atoms with Gasteiger partial charge in [0.2, 0.25) is 0 Å². The third kappa shape index (κ3) is 1.22. The average molecular weight is 149 g/mol. The van der Waals surface area contributed by atoms with Crippen LogP contribution in [0.3, 0.4) is 0 Å². The van der Waals surface area contributed by atoms with Gasteiger partial charge in [-0.05, 0) is 18.6 Å². The number of aryl methyl sites for hydroxylation is 1. The van der Waals surface area contributed by atoms with Crippen molar-refractivity contribution in [1.82, 2.24) is 4.73 Å². The summed E-state index contributed by atoms with van der Waals surface area (Å²) in [5.74, 6) is 0. The Bertz CT molecular complexity index is 372. The number of nitrogens with zero attached hydrogens (tertiary/aromatic N) is 2. The van der Waals surface area contributed by atoms with E-state index < -0.39 is 0 Å². The van der Waals surface area contributed by atoms with Gasteiger partial charge in [0, 0.05) is 6.20 Å². The van der Waals surface area contributed by atoms with Crippen LogP contribution in [0.5, 0.6) is 0 Å². The van der Waals surface area contributed by atoms with Crippen LogP contribution in [-0.4, -0.2) is 9.94 Å². The molecule has 0 aliphatic heterocycles. The van der Waals surface area contributed by atoms with E-state index in [-0.39, 0.29) is 11.1 Å². The van der Waals surface area contributed by atoms with Crippen molar-refractivity contribution in [2.24, 2.45) is 0 Å². The molecule has 11 heavy (non-hydrogen) atoms. The second kappa shape index (κ2) is 2.46. The summed E-state index contributed by atoms with van der Waals surface area (Å²) >= 11 is 0. The van der Waals surface area contributed by atoms with Gasteiger partial charge in [-0.2, -0.15) is 9.99 Å². The number of nitrogens with one attached hydrogen (secondary N) is 1. The molecule has 0 saturated heterocycles. The van der Waals surface area contributed by atoms with Gasteiger partial charge in [0.05, 0.1) is 5.56 Å². The first-order valence-electron chi connectivity index (χ1n) is 3.02. The van der Waals surface area contributed by atoms with Gasteiger partial charge in [0.15, 0.2) is 5.49 Å². The summed E-state index contributed by atoms with van der Waals surface area (Å²) in [4.78, 5) is 0. The zero-order valence-electron chi connectivity index (χ0n) is 6.00. The Morgan fingerprint density at radius 1 is 1.73 bits per heavy atom. The molecule has 56 valence electrons. The molecule has 0 aliphatic carbocycles. The number of aromatic nitrogens is 1. The molecule has 0 aliphatic rings. The minimum Gasteiger partial charge on any atom is -0.427 e. The largest absolute Gasteiger partial charge is 0.427 e. The molecular weight excluding hydrogens is 142 g/mol. The molecule has 0 aromatic carbocycles. The predicted octanol–water partition coefficient (Wildman–Crippen LogP) is 0.385. The van der Waals surface area contributed by atoms with Crippen LogP contribution in [0.4, 0.5) is 0 Å². The summed E-state index contributed by atoms with van der Waals surface area (Å²) in [5, 5.41) is 24.6. The smallest absolute Gasteiger partial charge is 0.178 e. The first kappa shape index (κ1) is 7.35. The molecule has 0 spiro atoms. The maximum Gasteiger partial charge on any atom is 0.178 e. The van der Waals surface area contributed by atoms with Crippen LogP contribution in [0.1, 0.15) is 11.1 Å². The van der Waals surface area contributed by atoms with Gasteiger partial charge in [-0.25, -0.2) is 0 Å². The molecular formula is C7H7N3O. The van der Waals surface area contributed by atoms with Gasteiger partial charge in [-0.15, -0.1) is 0 Å². The highest BCUT2D eigenvalue weighted by Crippen LogP contribution is 1.94. The summed E-state index contributed by atoms with van der Waals surface area (Å²) in [5.41, 5.74) is 0.741. The molecule has 0 saturated carbocycles. The summed E-state index contributed by atoms with van der Waals surface area (Å²) < 4.78 is 0.633. The minimum absolute atomic E-state index is 0.174. The molecule has 1 heterocycles. The molecule has 4 heteroatoms. The molecule has 1 aromatic heterocycles. The minimum atomic E-state index is -0.182. The quantitative estimate of drug-likeness (QED) is 0.523. The van der Waals surface area contributed by atoms with Crippen LogP contribution in [0, 0.1) is 23.7 Å². The van der Waals surface area contributed by atoms with Crippen molar-refractivity contribution in [1.29, 1.82) is 10.7 Å². The van der Waals surface area contributed by atoms with E-state index in [9.17, 15) is 0 Å². The van der Waals surface area contributed by atoms with Gasteiger partial charge in [0.1, 0.15) is 6.07 Å². The zero-order valence-corrected chi connectivity index (χ0v) is 6.00. The average Bonchev–Trinajstić information content (AvgIpc) is 1.96. The van der Waals surface area contributed by atoms with E-state index in [1.807, 2.05) is 6.07 Å². The van der Waals surface area contributed by atoms with Crippen molar-refractivity contribution in [2.45, 2.75) is 6.92 Å². The first-order valence-corrected chi connectivity index (χ1v) is 3.02. The van der Waals surface area contributed by atoms with Crippen LogP contribution < -0.4 is 5.49 Å². The summed E-state index contributed by atoms with van der Waals surface area (Å²) in [6, 6.07) is 3.36. The second-order valence-electron chi connectivity index (χ2n) is 2.24. The van der Waals surface area contributed by atoms with Gasteiger partial charge >= 0.3 is 0 Å². The number of nitriles is 1. The maximum absolute atomic E-state index is 8.99. The van der Waals surface area contributed by atoms with E-state index in [4.69, 9.17) is 15.9 Å². The van der Waals surface area contributed by atoms with E-state index in [0.717, 1.165) is 5.56 Å². The Morgan fingerprint density at radius 3 is 2.91 bits per heavy atom. The van der Waals surface area contributed by atoms with E-state index >= 15 is 0 Å². The van der Waals surface area contributed by atoms with Crippen LogP contribution in [0.2, 0.25) is 0 Å². The van der Waals surface area contributed by atoms with Gasteiger partial charge in [-0.3, -0.25) is 5.41 Å². The summed E-state index contributed by atoms with van der Waals surface area (Å²) in [7, 11) is 0. The number of hydrogen-bond acceptors (Lipinski definition) is 3. The molecule has 0 bridgehead atoms. The summed E-state index contributed by atoms with van der Waals surface area (Å²) in [6.45, 7) is 1.74.